The van der Waals surface area contributed by atoms with E-state index in [4.69, 9.17) is 4.98 Å². The summed E-state index contributed by atoms with van der Waals surface area (Å²) in [5.74, 6) is 0.866. The van der Waals surface area contributed by atoms with Gasteiger partial charge in [0.15, 0.2) is 10.8 Å². The monoisotopic (exact) mass is 309 g/mol. The van der Waals surface area contributed by atoms with Gasteiger partial charge in [-0.25, -0.2) is 4.98 Å². The first-order chi connectivity index (χ1) is 10.5. The molecule has 0 unspecified atom stereocenters. The van der Waals surface area contributed by atoms with Gasteiger partial charge in [-0.3, -0.25) is 0 Å². The Morgan fingerprint density at radius 1 is 1.00 bits per heavy atom. The molecule has 0 bridgehead atoms. The minimum Gasteiger partial charge on any atom is -0.245 e. The van der Waals surface area contributed by atoms with Crippen LogP contribution >= 0.6 is 11.3 Å². The summed E-state index contributed by atoms with van der Waals surface area (Å²) >= 11 is 1.51. The lowest BCUT2D eigenvalue weighted by atomic mass is 9.96. The van der Waals surface area contributed by atoms with Gasteiger partial charge < -0.3 is 0 Å². The van der Waals surface area contributed by atoms with Crippen molar-refractivity contribution in [3.8, 4) is 10.7 Å². The second kappa shape index (κ2) is 4.58. The zero-order chi connectivity index (χ0) is 15.3. The van der Waals surface area contributed by atoms with Gasteiger partial charge in [-0.2, -0.15) is 9.61 Å². The average Bonchev–Trinajstić information content (AvgIpc) is 3.05. The lowest BCUT2D eigenvalue weighted by Crippen LogP contribution is -2.16. The van der Waals surface area contributed by atoms with Crippen LogP contribution in [0.4, 0.5) is 0 Å². The molecule has 0 atom stereocenters. The van der Waals surface area contributed by atoms with E-state index in [1.54, 1.807) is 0 Å². The smallest absolute Gasteiger partial charge is 0.235 e. The number of aromatic nitrogens is 5. The zero-order valence-electron chi connectivity index (χ0n) is 12.6. The average molecular weight is 309 g/mol. The van der Waals surface area contributed by atoms with Crippen molar-refractivity contribution in [3.63, 3.8) is 0 Å². The Kier molecular flexibility index (Phi) is 2.77. The van der Waals surface area contributed by atoms with Crippen molar-refractivity contribution < 1.29 is 0 Å². The van der Waals surface area contributed by atoms with E-state index >= 15 is 0 Å². The summed E-state index contributed by atoms with van der Waals surface area (Å²) in [5, 5.41) is 15.1. The molecule has 4 rings (SSSR count). The Balaban J connectivity index is 1.87. The molecule has 6 heteroatoms. The van der Waals surface area contributed by atoms with Gasteiger partial charge in [0.05, 0.1) is 5.52 Å². The van der Waals surface area contributed by atoms with Crippen LogP contribution in [-0.4, -0.2) is 24.8 Å². The molecule has 0 amide bonds. The Morgan fingerprint density at radius 3 is 2.64 bits per heavy atom. The topological polar surface area (TPSA) is 56.0 Å². The largest absolute Gasteiger partial charge is 0.245 e. The van der Waals surface area contributed by atoms with E-state index in [2.05, 4.69) is 48.2 Å². The fourth-order valence-electron chi connectivity index (χ4n) is 2.37. The number of rotatable bonds is 1. The Bertz CT molecular complexity index is 977. The van der Waals surface area contributed by atoms with E-state index in [1.807, 2.05) is 28.8 Å². The summed E-state index contributed by atoms with van der Waals surface area (Å²) in [6.45, 7) is 6.32. The molecule has 5 nitrogen and oxygen atoms in total. The second-order valence-electron chi connectivity index (χ2n) is 6.26. The predicted octanol–water partition coefficient (Wildman–Crippen LogP) is 3.70. The van der Waals surface area contributed by atoms with Gasteiger partial charge in [0.2, 0.25) is 4.96 Å². The number of para-hydroxylation sites is 1. The van der Waals surface area contributed by atoms with Crippen LogP contribution in [0.3, 0.4) is 0 Å². The second-order valence-corrected chi connectivity index (χ2v) is 7.22. The van der Waals surface area contributed by atoms with Gasteiger partial charge in [0, 0.05) is 10.8 Å². The van der Waals surface area contributed by atoms with Crippen molar-refractivity contribution >= 4 is 27.2 Å². The summed E-state index contributed by atoms with van der Waals surface area (Å²) in [5.41, 5.74) is 1.75. The molecule has 110 valence electrons. The van der Waals surface area contributed by atoms with Gasteiger partial charge in [-0.1, -0.05) is 56.4 Å². The van der Waals surface area contributed by atoms with Crippen LogP contribution in [0, 0.1) is 0 Å². The van der Waals surface area contributed by atoms with E-state index in [0.29, 0.717) is 0 Å². The highest BCUT2D eigenvalue weighted by Crippen LogP contribution is 2.28. The molecule has 0 saturated carbocycles. The molecule has 0 aliphatic carbocycles. The number of hydrogen-bond acceptors (Lipinski definition) is 5. The van der Waals surface area contributed by atoms with E-state index in [0.717, 1.165) is 32.4 Å². The SMILES string of the molecule is CC(C)(C)c1nnc2sc(-c3ccc4ccccc4n3)nn12. The number of hydrogen-bond donors (Lipinski definition) is 0. The zero-order valence-corrected chi connectivity index (χ0v) is 13.4. The standard InChI is InChI=1S/C16H15N5S/c1-16(2,3)14-18-19-15-21(14)20-13(22-15)12-9-8-10-6-4-5-7-11(10)17-12/h4-9H,1-3H3. The Labute approximate surface area is 131 Å². The highest BCUT2D eigenvalue weighted by molar-refractivity contribution is 7.19. The van der Waals surface area contributed by atoms with Gasteiger partial charge >= 0.3 is 0 Å². The molecule has 22 heavy (non-hydrogen) atoms. The molecule has 0 spiro atoms. The van der Waals surface area contributed by atoms with Crippen LogP contribution in [0.2, 0.25) is 0 Å². The summed E-state index contributed by atoms with van der Waals surface area (Å²) in [7, 11) is 0. The number of benzene rings is 1. The van der Waals surface area contributed by atoms with Crippen molar-refractivity contribution in [2.45, 2.75) is 26.2 Å². The Hall–Kier alpha value is -2.34. The van der Waals surface area contributed by atoms with Crippen LogP contribution in [0.25, 0.3) is 26.6 Å². The van der Waals surface area contributed by atoms with Gasteiger partial charge in [-0.05, 0) is 12.1 Å². The van der Waals surface area contributed by atoms with Gasteiger partial charge in [0.25, 0.3) is 0 Å². The molecule has 3 aromatic heterocycles. The molecular formula is C16H15N5S. The first-order valence-electron chi connectivity index (χ1n) is 7.11. The molecule has 0 fully saturated rings. The molecule has 0 N–H and O–H groups in total. The van der Waals surface area contributed by atoms with E-state index < -0.39 is 0 Å². The third-order valence-corrected chi connectivity index (χ3v) is 4.40. The first kappa shape index (κ1) is 13.3. The van der Waals surface area contributed by atoms with Gasteiger partial charge in [-0.15, -0.1) is 10.2 Å². The minimum atomic E-state index is -0.0957. The number of fused-ring (bicyclic) bond motifs is 2. The lowest BCUT2D eigenvalue weighted by molar-refractivity contribution is 0.528. The van der Waals surface area contributed by atoms with Crippen LogP contribution in [0.15, 0.2) is 36.4 Å². The lowest BCUT2D eigenvalue weighted by Gasteiger charge is -2.13. The highest BCUT2D eigenvalue weighted by atomic mass is 32.1. The van der Waals surface area contributed by atoms with Crippen LogP contribution in [-0.2, 0) is 5.41 Å². The third-order valence-electron chi connectivity index (χ3n) is 3.48. The van der Waals surface area contributed by atoms with Crippen molar-refractivity contribution in [2.75, 3.05) is 0 Å². The fraction of sp³-hybridized carbons (Fsp3) is 0.250. The molecule has 0 saturated heterocycles. The molecule has 0 aliphatic rings. The maximum Gasteiger partial charge on any atom is 0.235 e. The van der Waals surface area contributed by atoms with E-state index in [-0.39, 0.29) is 5.41 Å². The molecule has 0 aliphatic heterocycles. The third kappa shape index (κ3) is 2.07. The summed E-state index contributed by atoms with van der Waals surface area (Å²) in [4.78, 5) is 5.50. The van der Waals surface area contributed by atoms with Crippen LogP contribution in [0.1, 0.15) is 26.6 Å². The highest BCUT2D eigenvalue weighted by Gasteiger charge is 2.23. The number of nitrogens with zero attached hydrogens (tertiary/aromatic N) is 5. The van der Waals surface area contributed by atoms with E-state index in [9.17, 15) is 0 Å². The molecule has 0 radical (unpaired) electrons. The summed E-state index contributed by atoms with van der Waals surface area (Å²) in [6.07, 6.45) is 0. The molecular weight excluding hydrogens is 294 g/mol. The van der Waals surface area contributed by atoms with Crippen molar-refractivity contribution in [2.24, 2.45) is 0 Å². The van der Waals surface area contributed by atoms with Crippen molar-refractivity contribution in [1.82, 2.24) is 24.8 Å². The van der Waals surface area contributed by atoms with Crippen molar-refractivity contribution in [3.05, 3.63) is 42.2 Å². The first-order valence-corrected chi connectivity index (χ1v) is 7.93. The van der Waals surface area contributed by atoms with E-state index in [1.165, 1.54) is 11.3 Å². The van der Waals surface area contributed by atoms with Crippen LogP contribution < -0.4 is 0 Å². The molecule has 1 aromatic carbocycles. The summed E-state index contributed by atoms with van der Waals surface area (Å²) in [6, 6.07) is 12.2. The fourth-order valence-corrected chi connectivity index (χ4v) is 3.18. The quantitative estimate of drug-likeness (QED) is 0.538. The molecule has 3 heterocycles. The van der Waals surface area contributed by atoms with Crippen molar-refractivity contribution in [1.29, 1.82) is 0 Å². The normalized spacial score (nSPS) is 12.3. The minimum absolute atomic E-state index is 0.0957. The summed E-state index contributed by atoms with van der Waals surface area (Å²) < 4.78 is 1.83. The predicted molar refractivity (Wildman–Crippen MR) is 88.1 cm³/mol. The maximum absolute atomic E-state index is 4.70. The van der Waals surface area contributed by atoms with Crippen LogP contribution in [0.5, 0.6) is 0 Å². The maximum atomic E-state index is 4.70. The Morgan fingerprint density at radius 2 is 1.82 bits per heavy atom. The van der Waals surface area contributed by atoms with Gasteiger partial charge in [0.1, 0.15) is 5.69 Å². The molecule has 4 aromatic rings. The number of pyridine rings is 1.